The van der Waals surface area contributed by atoms with Gasteiger partial charge in [-0.2, -0.15) is 40.3 Å². The summed E-state index contributed by atoms with van der Waals surface area (Å²) < 4.78 is 112. The van der Waals surface area contributed by atoms with E-state index in [4.69, 9.17) is 35.5 Å². The molecule has 76 heavy (non-hydrogen) atoms. The number of hydrogen-bond donors (Lipinski definition) is 5. The van der Waals surface area contributed by atoms with Gasteiger partial charge < -0.3 is 5.32 Å². The zero-order valence-electron chi connectivity index (χ0n) is 42.0. The summed E-state index contributed by atoms with van der Waals surface area (Å²) in [6, 6.07) is 18.3. The molecule has 0 bridgehead atoms. The number of nitrogens with zero attached hydrogens (tertiary/aromatic N) is 9. The van der Waals surface area contributed by atoms with E-state index in [1.165, 1.54) is 58.5 Å². The lowest BCUT2D eigenvalue weighted by atomic mass is 9.90. The summed E-state index contributed by atoms with van der Waals surface area (Å²) in [4.78, 5) is 16.0. The first-order chi connectivity index (χ1) is 35.5. The van der Waals surface area contributed by atoms with E-state index in [0.717, 1.165) is 23.4 Å². The van der Waals surface area contributed by atoms with Crippen molar-refractivity contribution in [2.45, 2.75) is 106 Å². The van der Waals surface area contributed by atoms with Gasteiger partial charge in [0.15, 0.2) is 16.8 Å². The average Bonchev–Trinajstić information content (AvgIpc) is 4.05. The number of azo groups is 1. The Balaban J connectivity index is 1.43. The van der Waals surface area contributed by atoms with E-state index in [9.17, 15) is 44.2 Å². The number of pyridine rings is 1. The molecule has 4 heterocycles. The molecule has 0 saturated carbocycles. The van der Waals surface area contributed by atoms with Crippen LogP contribution in [0.2, 0.25) is 0 Å². The fourth-order valence-corrected chi connectivity index (χ4v) is 12.5. The average molecular weight is 1150 g/mol. The third kappa shape index (κ3) is 11.4. The second kappa shape index (κ2) is 20.9. The van der Waals surface area contributed by atoms with E-state index >= 15 is 0 Å². The maximum atomic E-state index is 12.7. The van der Waals surface area contributed by atoms with Gasteiger partial charge in [-0.05, 0) is 127 Å². The largest absolute Gasteiger partial charge is 0.338 e. The summed E-state index contributed by atoms with van der Waals surface area (Å²) in [5.74, 6) is -0.548. The van der Waals surface area contributed by atoms with Gasteiger partial charge in [0.2, 0.25) is 5.13 Å². The molecule has 0 amide bonds. The molecule has 8 rings (SSSR count). The summed E-state index contributed by atoms with van der Waals surface area (Å²) in [7, 11) is -14.0. The van der Waals surface area contributed by atoms with E-state index < -0.39 is 41.7 Å². The Morgan fingerprint density at radius 1 is 0.750 bits per heavy atom. The van der Waals surface area contributed by atoms with Gasteiger partial charge in [-0.25, -0.2) is 20.2 Å². The Kier molecular flexibility index (Phi) is 15.4. The van der Waals surface area contributed by atoms with Gasteiger partial charge in [0.1, 0.15) is 23.1 Å². The first-order valence-electron chi connectivity index (χ1n) is 22.7. The van der Waals surface area contributed by atoms with Gasteiger partial charge in [-0.15, -0.1) is 14.6 Å². The zero-order valence-corrected chi connectivity index (χ0v) is 46.9. The number of thiazole rings is 2. The first kappa shape index (κ1) is 55.9. The van der Waals surface area contributed by atoms with E-state index in [0.29, 0.717) is 75.3 Å². The minimum absolute atomic E-state index is 0.0144. The minimum atomic E-state index is -4.71. The van der Waals surface area contributed by atoms with Crippen LogP contribution >= 0.6 is 34.7 Å². The predicted octanol–water partition coefficient (Wildman–Crippen LogP) is 12.6. The Morgan fingerprint density at radius 3 is 1.96 bits per heavy atom. The zero-order chi connectivity index (χ0) is 55.6. The normalized spacial score (nSPS) is 12.7. The third-order valence-corrected chi connectivity index (χ3v) is 16.9. The molecule has 0 unspecified atom stereocenters. The molecule has 0 radical (unpaired) electrons. The van der Waals surface area contributed by atoms with Crippen molar-refractivity contribution in [3.63, 3.8) is 0 Å². The highest BCUT2D eigenvalue weighted by Crippen LogP contribution is 2.48. The first-order valence-corrected chi connectivity index (χ1v) is 29.4. The summed E-state index contributed by atoms with van der Waals surface area (Å²) in [5.41, 5.74) is 3.67. The molecule has 0 spiro atoms. The number of nitrogens with one attached hydrogen (secondary N) is 1. The SMILES string of the molecule is Cc1cc(N(c2nc3ccc(S(=O)(=O)O)cc3s2)c2c(C)cc(S(=O)(=O)O)cc2C(C)C)nc(Nc2c(C)cc(S(=O)(=O)O)cc2C(C)C)c1N=Nc1c(C#N)c(C(C)(C)C)nn1-c1nc2ccc(SOOO)cc2s1. The van der Waals surface area contributed by atoms with E-state index in [2.05, 4.69) is 20.8 Å². The standard InChI is InChI=1S/C48H48N10O12S6/c1-23(2)32-19-30(75(63,64)65)15-25(5)40(32)53-44-41(54-55-45-34(22-49)43(48(8,9)10)56-58(45)47-51-35-13-11-28(73-70-69-59)18-37(35)72-47)26(6)17-39(52-44)57(42-27(7)16-31(76(66,67)68)20-33(42)24(3)4)46-50-36-14-12-29(74(60,61)62)21-38(36)71-46/h11-21,23-24,59H,1-10H3,(H,52,53)(H,60,61,62)(H,63,64,65)(H,66,67,68). The van der Waals surface area contributed by atoms with Gasteiger partial charge >= 0.3 is 0 Å². The minimum Gasteiger partial charge on any atom is -0.338 e. The van der Waals surface area contributed by atoms with Crippen LogP contribution in [0, 0.1) is 32.1 Å². The van der Waals surface area contributed by atoms with Crippen LogP contribution in [0.25, 0.3) is 25.6 Å². The summed E-state index contributed by atoms with van der Waals surface area (Å²) in [5, 5.41) is 41.6. The number of aromatic nitrogens is 5. The monoisotopic (exact) mass is 1150 g/mol. The molecule has 0 aliphatic rings. The van der Waals surface area contributed by atoms with Gasteiger partial charge in [-0.1, -0.05) is 76.2 Å². The van der Waals surface area contributed by atoms with Crippen LogP contribution in [0.5, 0.6) is 0 Å². The van der Waals surface area contributed by atoms with Crippen LogP contribution in [0.1, 0.15) is 99.4 Å². The van der Waals surface area contributed by atoms with E-state index in [1.54, 1.807) is 49.9 Å². The van der Waals surface area contributed by atoms with Crippen molar-refractivity contribution in [1.29, 1.82) is 5.26 Å². The van der Waals surface area contributed by atoms with Crippen molar-refractivity contribution >= 4 is 125 Å². The van der Waals surface area contributed by atoms with Gasteiger partial charge in [0.25, 0.3) is 30.4 Å². The predicted molar refractivity (Wildman–Crippen MR) is 289 cm³/mol. The topological polar surface area (TPSA) is 322 Å². The summed E-state index contributed by atoms with van der Waals surface area (Å²) >= 11 is 3.03. The number of hydrogen-bond acceptors (Lipinski definition) is 21. The highest BCUT2D eigenvalue weighted by molar-refractivity contribution is 7.94. The highest BCUT2D eigenvalue weighted by atomic mass is 32.2. The maximum Gasteiger partial charge on any atom is 0.294 e. The third-order valence-electron chi connectivity index (χ3n) is 11.8. The molecule has 4 aromatic carbocycles. The lowest BCUT2D eigenvalue weighted by Crippen LogP contribution is -2.17. The van der Waals surface area contributed by atoms with Crippen LogP contribution in [-0.2, 0) is 45.1 Å². The number of fused-ring (bicyclic) bond motifs is 2. The Hall–Kier alpha value is -6.33. The molecular weight excluding hydrogens is 1100 g/mol. The Morgan fingerprint density at radius 2 is 1.36 bits per heavy atom. The molecule has 0 fully saturated rings. The van der Waals surface area contributed by atoms with Crippen LogP contribution in [0.3, 0.4) is 0 Å². The molecule has 0 saturated heterocycles. The quantitative estimate of drug-likeness (QED) is 0.0197. The summed E-state index contributed by atoms with van der Waals surface area (Å²) in [6.07, 6.45) is 0. The fourth-order valence-electron chi connectivity index (χ4n) is 8.22. The van der Waals surface area contributed by atoms with Crippen molar-refractivity contribution in [3.05, 3.63) is 106 Å². The van der Waals surface area contributed by atoms with E-state index in [-0.39, 0.29) is 54.4 Å². The number of aryl methyl sites for hydroxylation is 3. The van der Waals surface area contributed by atoms with Gasteiger partial charge in [0.05, 0.1) is 58.5 Å². The van der Waals surface area contributed by atoms with Crippen molar-refractivity contribution < 1.29 is 53.5 Å². The van der Waals surface area contributed by atoms with Crippen molar-refractivity contribution in [1.82, 2.24) is 24.7 Å². The molecular formula is C48H48N10O12S6. The fraction of sp³-hybridized carbons (Fsp3) is 0.271. The van der Waals surface area contributed by atoms with Crippen molar-refractivity contribution in [2.75, 3.05) is 10.2 Å². The number of rotatable bonds is 16. The molecule has 5 N–H and O–H groups in total. The van der Waals surface area contributed by atoms with E-state index in [1.807, 2.05) is 48.5 Å². The molecule has 0 atom stereocenters. The van der Waals surface area contributed by atoms with Crippen molar-refractivity contribution in [2.24, 2.45) is 10.2 Å². The molecule has 398 valence electrons. The Bertz CT molecular complexity index is 4070. The van der Waals surface area contributed by atoms with Gasteiger partial charge in [0, 0.05) is 16.0 Å². The molecule has 28 heteroatoms. The molecule has 8 aromatic rings. The number of anilines is 5. The molecule has 4 aromatic heterocycles. The molecule has 0 aliphatic carbocycles. The molecule has 22 nitrogen and oxygen atoms in total. The van der Waals surface area contributed by atoms with Crippen LogP contribution in [0.15, 0.2) is 96.5 Å². The number of benzene rings is 4. The van der Waals surface area contributed by atoms with Crippen LogP contribution < -0.4 is 10.2 Å². The second-order valence-electron chi connectivity index (χ2n) is 19.1. The lowest BCUT2D eigenvalue weighted by Gasteiger charge is -2.29. The summed E-state index contributed by atoms with van der Waals surface area (Å²) in [6.45, 7) is 18.0. The van der Waals surface area contributed by atoms with Gasteiger partial charge in [-0.3, -0.25) is 18.6 Å². The number of nitriles is 1. The van der Waals surface area contributed by atoms with Crippen LogP contribution in [0.4, 0.5) is 39.6 Å². The van der Waals surface area contributed by atoms with Crippen LogP contribution in [-0.4, -0.2) is 68.9 Å². The Labute approximate surface area is 449 Å². The van der Waals surface area contributed by atoms with Crippen molar-refractivity contribution in [3.8, 4) is 11.2 Å². The lowest BCUT2D eigenvalue weighted by molar-refractivity contribution is -0.432. The smallest absolute Gasteiger partial charge is 0.294 e. The highest BCUT2D eigenvalue weighted by Gasteiger charge is 2.32. The second-order valence-corrected chi connectivity index (χ2v) is 26.1. The molecule has 0 aliphatic heterocycles. The maximum absolute atomic E-state index is 12.7.